The van der Waals surface area contributed by atoms with Crippen LogP contribution in [0.25, 0.3) is 0 Å². The lowest BCUT2D eigenvalue weighted by atomic mass is 10.1. The molecule has 37 heavy (non-hydrogen) atoms. The maximum Gasteiger partial charge on any atom is 0.420 e. The third kappa shape index (κ3) is 8.21. The summed E-state index contributed by atoms with van der Waals surface area (Å²) in [6.07, 6.45) is -2.18. The Bertz CT molecular complexity index is 1130. The van der Waals surface area contributed by atoms with E-state index in [9.17, 15) is 24.3 Å². The Labute approximate surface area is 214 Å². The average Bonchev–Trinajstić information content (AvgIpc) is 2.92. The van der Waals surface area contributed by atoms with E-state index in [1.54, 1.807) is 91.0 Å². The normalized spacial score (nSPS) is 12.0. The number of benzene rings is 3. The monoisotopic (exact) mass is 504 g/mol. The van der Waals surface area contributed by atoms with Crippen LogP contribution in [-0.2, 0) is 38.7 Å². The molecule has 9 nitrogen and oxygen atoms in total. The van der Waals surface area contributed by atoms with E-state index in [1.165, 1.54) is 6.92 Å². The first-order valence-corrected chi connectivity index (χ1v) is 11.6. The van der Waals surface area contributed by atoms with Crippen molar-refractivity contribution >= 4 is 24.1 Å². The van der Waals surface area contributed by atoms with Crippen molar-refractivity contribution in [2.24, 2.45) is 0 Å². The molecule has 0 spiro atoms. The van der Waals surface area contributed by atoms with Gasteiger partial charge < -0.3 is 19.9 Å². The minimum Gasteiger partial charge on any atom is -0.480 e. The summed E-state index contributed by atoms with van der Waals surface area (Å²) >= 11 is 0. The third-order valence-corrected chi connectivity index (χ3v) is 5.47. The number of aliphatic carboxylic acids is 1. The molecule has 3 aromatic rings. The molecule has 0 bridgehead atoms. The highest BCUT2D eigenvalue weighted by molar-refractivity contribution is 5.96. The number of amides is 3. The van der Waals surface area contributed by atoms with Crippen molar-refractivity contribution in [1.82, 2.24) is 10.2 Å². The predicted molar refractivity (Wildman–Crippen MR) is 134 cm³/mol. The molecule has 0 saturated carbocycles. The number of carbonyl (C=O) groups excluding carboxylic acids is 3. The third-order valence-electron chi connectivity index (χ3n) is 5.47. The van der Waals surface area contributed by atoms with Gasteiger partial charge in [-0.2, -0.15) is 4.90 Å². The number of nitrogens with one attached hydrogen (secondary N) is 1. The van der Waals surface area contributed by atoms with Gasteiger partial charge in [-0.05, 0) is 23.6 Å². The zero-order valence-corrected chi connectivity index (χ0v) is 20.3. The van der Waals surface area contributed by atoms with Gasteiger partial charge in [-0.15, -0.1) is 0 Å². The molecule has 0 fully saturated rings. The lowest BCUT2D eigenvalue weighted by molar-refractivity contribution is -0.142. The van der Waals surface area contributed by atoms with E-state index in [4.69, 9.17) is 9.47 Å². The van der Waals surface area contributed by atoms with Crippen LogP contribution in [0.3, 0.4) is 0 Å². The summed E-state index contributed by atoms with van der Waals surface area (Å²) in [7, 11) is 0. The van der Waals surface area contributed by atoms with E-state index >= 15 is 0 Å². The summed E-state index contributed by atoms with van der Waals surface area (Å²) in [4.78, 5) is 51.2. The molecule has 0 radical (unpaired) electrons. The van der Waals surface area contributed by atoms with Crippen molar-refractivity contribution in [1.29, 1.82) is 0 Å². The highest BCUT2D eigenvalue weighted by Gasteiger charge is 2.36. The van der Waals surface area contributed by atoms with Gasteiger partial charge in [-0.3, -0.25) is 4.79 Å². The molecule has 9 heteroatoms. The zero-order chi connectivity index (χ0) is 26.6. The number of hydrogen-bond acceptors (Lipinski definition) is 6. The van der Waals surface area contributed by atoms with Crippen LogP contribution in [0, 0.1) is 0 Å². The highest BCUT2D eigenvalue weighted by Crippen LogP contribution is 2.12. The van der Waals surface area contributed by atoms with Crippen molar-refractivity contribution < 1.29 is 33.8 Å². The standard InChI is InChI=1S/C28H28N2O7/c1-20(25(31)29-24(26(32)33)17-21-11-5-2-6-12-21)30(27(34)36-18-22-13-7-3-8-14-22)28(35)37-19-23-15-9-4-10-16-23/h2-16,20,24H,17-19H2,1H3,(H,29,31)(H,32,33)/t20-,24-/m0/s1. The maximum absolute atomic E-state index is 13.0. The number of imide groups is 1. The lowest BCUT2D eigenvalue weighted by Crippen LogP contribution is -2.54. The van der Waals surface area contributed by atoms with Gasteiger partial charge in [-0.1, -0.05) is 91.0 Å². The van der Waals surface area contributed by atoms with Gasteiger partial charge in [0.15, 0.2) is 0 Å². The second-order valence-corrected chi connectivity index (χ2v) is 8.22. The Morgan fingerprint density at radius 2 is 1.14 bits per heavy atom. The van der Waals surface area contributed by atoms with Gasteiger partial charge in [0.25, 0.3) is 0 Å². The Morgan fingerprint density at radius 3 is 1.54 bits per heavy atom. The lowest BCUT2D eigenvalue weighted by Gasteiger charge is -2.26. The van der Waals surface area contributed by atoms with Gasteiger partial charge in [0.05, 0.1) is 0 Å². The smallest absolute Gasteiger partial charge is 0.420 e. The molecule has 0 aliphatic heterocycles. The molecule has 0 aromatic heterocycles. The molecule has 2 atom stereocenters. The molecular weight excluding hydrogens is 476 g/mol. The Balaban J connectivity index is 1.73. The SMILES string of the molecule is C[C@@H](C(=O)N[C@@H](Cc1ccccc1)C(=O)O)N(C(=O)OCc1ccccc1)C(=O)OCc1ccccc1. The van der Waals surface area contributed by atoms with E-state index in [-0.39, 0.29) is 19.6 Å². The Hall–Kier alpha value is -4.66. The highest BCUT2D eigenvalue weighted by atomic mass is 16.6. The van der Waals surface area contributed by atoms with E-state index in [0.717, 1.165) is 0 Å². The van der Waals surface area contributed by atoms with Crippen LogP contribution in [0.5, 0.6) is 0 Å². The van der Waals surface area contributed by atoms with Crippen LogP contribution in [0.2, 0.25) is 0 Å². The second kappa shape index (κ2) is 13.4. The minimum atomic E-state index is -1.41. The van der Waals surface area contributed by atoms with Gasteiger partial charge in [0.2, 0.25) is 5.91 Å². The summed E-state index contributed by atoms with van der Waals surface area (Å²) in [6, 6.07) is 23.7. The Kier molecular flexibility index (Phi) is 9.78. The first kappa shape index (κ1) is 26.9. The van der Waals surface area contributed by atoms with E-state index in [0.29, 0.717) is 21.6 Å². The molecule has 0 heterocycles. The number of rotatable bonds is 10. The molecule has 3 aromatic carbocycles. The van der Waals surface area contributed by atoms with Crippen LogP contribution in [0.15, 0.2) is 91.0 Å². The molecule has 3 rings (SSSR count). The topological polar surface area (TPSA) is 122 Å². The fraction of sp³-hybridized carbons (Fsp3) is 0.214. The van der Waals surface area contributed by atoms with Crippen molar-refractivity contribution in [2.45, 2.75) is 38.6 Å². The van der Waals surface area contributed by atoms with Gasteiger partial charge in [0, 0.05) is 6.42 Å². The zero-order valence-electron chi connectivity index (χ0n) is 20.3. The van der Waals surface area contributed by atoms with Crippen molar-refractivity contribution in [3.05, 3.63) is 108 Å². The van der Waals surface area contributed by atoms with Crippen molar-refractivity contribution in [2.75, 3.05) is 0 Å². The van der Waals surface area contributed by atoms with Crippen LogP contribution in [0.1, 0.15) is 23.6 Å². The quantitative estimate of drug-likeness (QED) is 0.425. The van der Waals surface area contributed by atoms with E-state index < -0.39 is 36.1 Å². The molecule has 192 valence electrons. The first-order chi connectivity index (χ1) is 17.8. The minimum absolute atomic E-state index is 0.0194. The number of nitrogens with zero attached hydrogens (tertiary/aromatic N) is 1. The molecule has 0 aliphatic rings. The predicted octanol–water partition coefficient (Wildman–Crippen LogP) is 4.16. The largest absolute Gasteiger partial charge is 0.480 e. The number of ether oxygens (including phenoxy) is 2. The van der Waals surface area contributed by atoms with Crippen LogP contribution >= 0.6 is 0 Å². The molecular formula is C28H28N2O7. The van der Waals surface area contributed by atoms with Crippen molar-refractivity contribution in [3.63, 3.8) is 0 Å². The Morgan fingerprint density at radius 1 is 0.730 bits per heavy atom. The average molecular weight is 505 g/mol. The van der Waals surface area contributed by atoms with Gasteiger partial charge in [-0.25, -0.2) is 14.4 Å². The van der Waals surface area contributed by atoms with Crippen molar-refractivity contribution in [3.8, 4) is 0 Å². The summed E-state index contributed by atoms with van der Waals surface area (Å²) in [5, 5.41) is 12.0. The van der Waals surface area contributed by atoms with E-state index in [1.807, 2.05) is 0 Å². The molecule has 3 amide bonds. The van der Waals surface area contributed by atoms with Gasteiger partial charge in [0.1, 0.15) is 25.3 Å². The molecule has 2 N–H and O–H groups in total. The number of carboxylic acid groups (broad SMARTS) is 1. The molecule has 0 unspecified atom stereocenters. The maximum atomic E-state index is 13.0. The van der Waals surface area contributed by atoms with Crippen LogP contribution < -0.4 is 5.32 Å². The second-order valence-electron chi connectivity index (χ2n) is 8.22. The summed E-state index contributed by atoms with van der Waals surface area (Å²) in [5.74, 6) is -2.11. The summed E-state index contributed by atoms with van der Waals surface area (Å²) in [6.45, 7) is 1.02. The van der Waals surface area contributed by atoms with Gasteiger partial charge >= 0.3 is 18.2 Å². The molecule has 0 saturated heterocycles. The number of hydrogen-bond donors (Lipinski definition) is 2. The molecule has 0 aliphatic carbocycles. The summed E-state index contributed by atoms with van der Waals surface area (Å²) in [5.41, 5.74) is 2.06. The summed E-state index contributed by atoms with van der Waals surface area (Å²) < 4.78 is 10.5. The van der Waals surface area contributed by atoms with E-state index in [2.05, 4.69) is 5.32 Å². The van der Waals surface area contributed by atoms with Crippen LogP contribution in [-0.4, -0.2) is 46.2 Å². The number of carbonyl (C=O) groups is 4. The fourth-order valence-corrected chi connectivity index (χ4v) is 3.43. The van der Waals surface area contributed by atoms with Crippen LogP contribution in [0.4, 0.5) is 9.59 Å². The fourth-order valence-electron chi connectivity index (χ4n) is 3.43. The number of carboxylic acids is 1. The first-order valence-electron chi connectivity index (χ1n) is 11.6.